The van der Waals surface area contributed by atoms with Crippen molar-refractivity contribution in [2.45, 2.75) is 70.6 Å². The van der Waals surface area contributed by atoms with Crippen LogP contribution in [0.1, 0.15) is 45.8 Å². The quantitative estimate of drug-likeness (QED) is 0.587. The predicted octanol–water partition coefficient (Wildman–Crippen LogP) is 4.54. The van der Waals surface area contributed by atoms with Gasteiger partial charge in [0.15, 0.2) is 8.32 Å². The molecule has 3 nitrogen and oxygen atoms in total. The second-order valence-electron chi connectivity index (χ2n) is 8.22. The fourth-order valence-corrected chi connectivity index (χ4v) is 4.20. The molecular weight excluding hydrogens is 304 g/mol. The lowest BCUT2D eigenvalue weighted by molar-refractivity contribution is 0.0809. The molecule has 0 amide bonds. The van der Waals surface area contributed by atoms with Gasteiger partial charge in [0.25, 0.3) is 0 Å². The predicted molar refractivity (Wildman–Crippen MR) is 97.0 cm³/mol. The highest BCUT2D eigenvalue weighted by atomic mass is 28.4. The van der Waals surface area contributed by atoms with Crippen molar-refractivity contribution in [1.29, 1.82) is 0 Å². The smallest absolute Gasteiger partial charge is 0.192 e. The van der Waals surface area contributed by atoms with Gasteiger partial charge in [-0.25, -0.2) is 0 Å². The summed E-state index contributed by atoms with van der Waals surface area (Å²) >= 11 is 0. The molecule has 0 unspecified atom stereocenters. The molecule has 1 aliphatic rings. The van der Waals surface area contributed by atoms with Crippen LogP contribution < -0.4 is 0 Å². The summed E-state index contributed by atoms with van der Waals surface area (Å²) in [5, 5.41) is 9.64. The molecule has 130 valence electrons. The van der Waals surface area contributed by atoms with Crippen LogP contribution >= 0.6 is 0 Å². The van der Waals surface area contributed by atoms with E-state index in [-0.39, 0.29) is 35.9 Å². The highest BCUT2D eigenvalue weighted by molar-refractivity contribution is 6.74. The van der Waals surface area contributed by atoms with Gasteiger partial charge in [0, 0.05) is 12.5 Å². The van der Waals surface area contributed by atoms with Crippen molar-refractivity contribution in [3.05, 3.63) is 35.9 Å². The van der Waals surface area contributed by atoms with Gasteiger partial charge in [0.1, 0.15) is 6.10 Å². The van der Waals surface area contributed by atoms with Gasteiger partial charge in [-0.1, -0.05) is 58.0 Å². The van der Waals surface area contributed by atoms with Crippen LogP contribution in [0.25, 0.3) is 0 Å². The molecule has 1 fully saturated rings. The topological polar surface area (TPSA) is 42.0 Å². The molecule has 0 aromatic heterocycles. The first-order chi connectivity index (χ1) is 10.7. The fourth-order valence-electron chi connectivity index (χ4n) is 2.76. The first kappa shape index (κ1) is 18.7. The Morgan fingerprint density at radius 3 is 2.35 bits per heavy atom. The summed E-state index contributed by atoms with van der Waals surface area (Å²) in [5.74, 6) is 0.279. The Kier molecular flexibility index (Phi) is 5.72. The zero-order valence-electron chi connectivity index (χ0n) is 15.4. The van der Waals surface area contributed by atoms with E-state index in [9.17, 15) is 5.11 Å². The van der Waals surface area contributed by atoms with Gasteiger partial charge in [-0.3, -0.25) is 0 Å². The Morgan fingerprint density at radius 1 is 1.22 bits per heavy atom. The van der Waals surface area contributed by atoms with E-state index >= 15 is 0 Å². The number of aliphatic hydroxyl groups excluding tert-OH is 1. The average Bonchev–Trinajstić information content (AvgIpc) is 3.26. The molecule has 23 heavy (non-hydrogen) atoms. The lowest BCUT2D eigenvalue weighted by Gasteiger charge is -2.40. The number of rotatable bonds is 7. The average molecular weight is 337 g/mol. The Labute approximate surface area is 142 Å². The highest BCUT2D eigenvalue weighted by Crippen LogP contribution is 2.46. The van der Waals surface area contributed by atoms with Crippen LogP contribution in [0.2, 0.25) is 18.1 Å². The van der Waals surface area contributed by atoms with Gasteiger partial charge in [-0.05, 0) is 30.1 Å². The van der Waals surface area contributed by atoms with Crippen LogP contribution in [0, 0.1) is 5.92 Å². The van der Waals surface area contributed by atoms with Crippen LogP contribution in [0.5, 0.6) is 0 Å². The Morgan fingerprint density at radius 2 is 1.83 bits per heavy atom. The monoisotopic (exact) mass is 336 g/mol. The SMILES string of the molecule is C[C@H]([C@H]1O[C@H]1c1ccccc1)[C@H](CCO)O[Si](C)(C)C(C)(C)C. The molecule has 1 saturated heterocycles. The number of hydrogen-bond donors (Lipinski definition) is 1. The minimum Gasteiger partial charge on any atom is -0.413 e. The molecule has 1 heterocycles. The van der Waals surface area contributed by atoms with Crippen LogP contribution in [0.4, 0.5) is 0 Å². The summed E-state index contributed by atoms with van der Waals surface area (Å²) in [5.41, 5.74) is 1.24. The zero-order chi connectivity index (χ0) is 17.3. The molecule has 1 N–H and O–H groups in total. The molecule has 4 atom stereocenters. The van der Waals surface area contributed by atoms with E-state index < -0.39 is 8.32 Å². The van der Waals surface area contributed by atoms with Crippen molar-refractivity contribution in [2.75, 3.05) is 6.61 Å². The molecule has 1 aromatic carbocycles. The Balaban J connectivity index is 2.04. The zero-order valence-corrected chi connectivity index (χ0v) is 16.4. The highest BCUT2D eigenvalue weighted by Gasteiger charge is 2.48. The van der Waals surface area contributed by atoms with Crippen LogP contribution in [0.3, 0.4) is 0 Å². The number of hydrogen-bond acceptors (Lipinski definition) is 3. The first-order valence-corrected chi connectivity index (χ1v) is 11.6. The Hall–Kier alpha value is -0.683. The second-order valence-corrected chi connectivity index (χ2v) is 13.0. The molecule has 0 saturated carbocycles. The van der Waals surface area contributed by atoms with Gasteiger partial charge >= 0.3 is 0 Å². The third-order valence-corrected chi connectivity index (χ3v) is 9.93. The number of aliphatic hydroxyl groups is 1. The second kappa shape index (κ2) is 7.05. The minimum absolute atomic E-state index is 0.0552. The molecule has 2 rings (SSSR count). The normalized spacial score (nSPS) is 24.3. The van der Waals surface area contributed by atoms with Crippen molar-refractivity contribution >= 4 is 8.32 Å². The summed E-state index contributed by atoms with van der Waals surface area (Å²) in [7, 11) is -1.85. The number of benzene rings is 1. The van der Waals surface area contributed by atoms with Gasteiger partial charge in [-0.2, -0.15) is 0 Å². The molecule has 1 aliphatic heterocycles. The van der Waals surface area contributed by atoms with E-state index in [0.29, 0.717) is 6.42 Å². The van der Waals surface area contributed by atoms with E-state index in [4.69, 9.17) is 9.16 Å². The number of epoxide rings is 1. The molecule has 0 radical (unpaired) electrons. The van der Waals surface area contributed by atoms with Gasteiger partial charge < -0.3 is 14.3 Å². The molecule has 4 heteroatoms. The maximum Gasteiger partial charge on any atom is 0.192 e. The molecule has 0 spiro atoms. The van der Waals surface area contributed by atoms with Crippen LogP contribution in [-0.2, 0) is 9.16 Å². The minimum atomic E-state index is -1.85. The maximum atomic E-state index is 9.46. The van der Waals surface area contributed by atoms with E-state index in [0.717, 1.165) is 0 Å². The molecule has 0 aliphatic carbocycles. The third-order valence-electron chi connectivity index (χ3n) is 5.42. The molecule has 1 aromatic rings. The summed E-state index contributed by atoms with van der Waals surface area (Å²) < 4.78 is 12.5. The third kappa shape index (κ3) is 4.44. The van der Waals surface area contributed by atoms with Gasteiger partial charge in [0.2, 0.25) is 0 Å². The van der Waals surface area contributed by atoms with Crippen molar-refractivity contribution in [3.8, 4) is 0 Å². The Bertz CT molecular complexity index is 495. The lowest BCUT2D eigenvalue weighted by atomic mass is 9.94. The van der Waals surface area contributed by atoms with Crippen molar-refractivity contribution < 1.29 is 14.3 Å². The number of ether oxygens (including phenoxy) is 1. The van der Waals surface area contributed by atoms with Crippen LogP contribution in [0.15, 0.2) is 30.3 Å². The van der Waals surface area contributed by atoms with E-state index in [2.05, 4.69) is 65.1 Å². The van der Waals surface area contributed by atoms with Crippen molar-refractivity contribution in [2.24, 2.45) is 5.92 Å². The van der Waals surface area contributed by atoms with Crippen LogP contribution in [-0.4, -0.2) is 32.2 Å². The maximum absolute atomic E-state index is 9.46. The van der Waals surface area contributed by atoms with Gasteiger partial charge in [-0.15, -0.1) is 0 Å². The summed E-state index contributed by atoms with van der Waals surface area (Å²) in [6.45, 7) is 13.6. The largest absolute Gasteiger partial charge is 0.413 e. The summed E-state index contributed by atoms with van der Waals surface area (Å²) in [6.07, 6.45) is 1.10. The van der Waals surface area contributed by atoms with E-state index in [1.54, 1.807) is 0 Å². The lowest BCUT2D eigenvalue weighted by Crippen LogP contribution is -2.46. The van der Waals surface area contributed by atoms with E-state index in [1.165, 1.54) is 5.56 Å². The summed E-state index contributed by atoms with van der Waals surface area (Å²) in [6, 6.07) is 10.4. The molecular formula is C19H32O3Si. The van der Waals surface area contributed by atoms with Crippen molar-refractivity contribution in [3.63, 3.8) is 0 Å². The standard InChI is InChI=1S/C19H32O3Si/c1-14(17-18(21-17)15-10-8-7-9-11-15)16(12-13-20)22-23(5,6)19(2,3)4/h7-11,14,16-18,20H,12-13H2,1-6H3/t14-,16-,17+,18-/m0/s1. The van der Waals surface area contributed by atoms with E-state index in [1.807, 2.05) is 6.07 Å². The first-order valence-electron chi connectivity index (χ1n) is 8.66. The fraction of sp³-hybridized carbons (Fsp3) is 0.684. The summed E-state index contributed by atoms with van der Waals surface area (Å²) in [4.78, 5) is 0. The van der Waals surface area contributed by atoms with Gasteiger partial charge in [0.05, 0.1) is 12.2 Å². The molecule has 0 bridgehead atoms. The van der Waals surface area contributed by atoms with Crippen molar-refractivity contribution in [1.82, 2.24) is 0 Å².